The Morgan fingerprint density at radius 1 is 1.39 bits per heavy atom. The molecule has 0 unspecified atom stereocenters. The van der Waals surface area contributed by atoms with E-state index in [0.717, 1.165) is 23.8 Å². The number of hydrogen-bond acceptors (Lipinski definition) is 3. The number of carbonyl (C=O) groups is 1. The Labute approximate surface area is 109 Å². The highest BCUT2D eigenvalue weighted by Crippen LogP contribution is 2.25. The van der Waals surface area contributed by atoms with Crippen molar-refractivity contribution in [3.05, 3.63) is 23.9 Å². The second-order valence-electron chi connectivity index (χ2n) is 5.34. The first-order chi connectivity index (χ1) is 8.66. The minimum Gasteiger partial charge on any atom is -0.359 e. The fourth-order valence-corrected chi connectivity index (χ4v) is 2.70. The molecule has 1 heterocycles. The number of carbonyl (C=O) groups excluding carboxylic acids is 1. The van der Waals surface area contributed by atoms with Crippen molar-refractivity contribution in [3.8, 4) is 0 Å². The molecule has 2 rings (SSSR count). The predicted octanol–water partition coefficient (Wildman–Crippen LogP) is 3.30. The molecule has 0 bridgehead atoms. The van der Waals surface area contributed by atoms with Gasteiger partial charge in [0.15, 0.2) is 5.78 Å². The highest BCUT2D eigenvalue weighted by Gasteiger charge is 2.16. The van der Waals surface area contributed by atoms with Crippen LogP contribution in [0.3, 0.4) is 0 Å². The van der Waals surface area contributed by atoms with Crippen LogP contribution in [0.1, 0.15) is 49.4 Å². The Morgan fingerprint density at radius 3 is 2.78 bits per heavy atom. The molecule has 0 radical (unpaired) electrons. The van der Waals surface area contributed by atoms with Gasteiger partial charge in [-0.15, -0.1) is 0 Å². The van der Waals surface area contributed by atoms with Crippen LogP contribution < -0.4 is 4.90 Å². The minimum atomic E-state index is 0.102. The molecule has 0 spiro atoms. The van der Waals surface area contributed by atoms with E-state index in [1.54, 1.807) is 19.2 Å². The first-order valence-corrected chi connectivity index (χ1v) is 6.85. The van der Waals surface area contributed by atoms with Gasteiger partial charge < -0.3 is 4.90 Å². The Bertz CT molecular complexity index is 411. The average Bonchev–Trinajstić information content (AvgIpc) is 2.40. The number of ketones is 1. The molecule has 0 amide bonds. The third-order valence-electron chi connectivity index (χ3n) is 3.80. The Hall–Kier alpha value is -1.38. The maximum Gasteiger partial charge on any atom is 0.159 e. The van der Waals surface area contributed by atoms with Crippen molar-refractivity contribution >= 4 is 11.6 Å². The van der Waals surface area contributed by atoms with E-state index < -0.39 is 0 Å². The van der Waals surface area contributed by atoms with Crippen LogP contribution in [0.2, 0.25) is 0 Å². The van der Waals surface area contributed by atoms with Gasteiger partial charge in [0.1, 0.15) is 5.82 Å². The zero-order chi connectivity index (χ0) is 13.0. The lowest BCUT2D eigenvalue weighted by Gasteiger charge is -2.27. The van der Waals surface area contributed by atoms with Crippen LogP contribution in [0, 0.1) is 5.92 Å². The van der Waals surface area contributed by atoms with Gasteiger partial charge in [-0.25, -0.2) is 4.98 Å². The minimum absolute atomic E-state index is 0.102. The van der Waals surface area contributed by atoms with Crippen LogP contribution in [0.4, 0.5) is 5.82 Å². The van der Waals surface area contributed by atoms with Gasteiger partial charge >= 0.3 is 0 Å². The summed E-state index contributed by atoms with van der Waals surface area (Å²) in [5.74, 6) is 1.80. The predicted molar refractivity (Wildman–Crippen MR) is 74.1 cm³/mol. The molecular formula is C15H22N2O. The zero-order valence-corrected chi connectivity index (χ0v) is 11.4. The molecule has 1 fully saturated rings. The summed E-state index contributed by atoms with van der Waals surface area (Å²) in [5, 5.41) is 0. The third kappa shape index (κ3) is 3.31. The molecular weight excluding hydrogens is 224 g/mol. The maximum atomic E-state index is 11.4. The SMILES string of the molecule is CC(=O)c1ccnc(N(C)CC2CCCCC2)c1. The van der Waals surface area contributed by atoms with E-state index in [2.05, 4.69) is 16.9 Å². The number of hydrogen-bond donors (Lipinski definition) is 0. The van der Waals surface area contributed by atoms with Crippen molar-refractivity contribution in [1.29, 1.82) is 0 Å². The maximum absolute atomic E-state index is 11.4. The molecule has 3 heteroatoms. The van der Waals surface area contributed by atoms with Gasteiger partial charge in [-0.2, -0.15) is 0 Å². The largest absolute Gasteiger partial charge is 0.359 e. The van der Waals surface area contributed by atoms with Crippen LogP contribution in [0.25, 0.3) is 0 Å². The standard InChI is InChI=1S/C15H22N2O/c1-12(18)14-8-9-16-15(10-14)17(2)11-13-6-4-3-5-7-13/h8-10,13H,3-7,11H2,1-2H3. The first kappa shape index (κ1) is 13.1. The lowest BCUT2D eigenvalue weighted by Crippen LogP contribution is -2.27. The van der Waals surface area contributed by atoms with Crippen LogP contribution in [-0.4, -0.2) is 24.4 Å². The Kier molecular flexibility index (Phi) is 4.34. The van der Waals surface area contributed by atoms with E-state index >= 15 is 0 Å². The summed E-state index contributed by atoms with van der Waals surface area (Å²) in [6.45, 7) is 2.65. The van der Waals surface area contributed by atoms with Gasteiger partial charge in [0.05, 0.1) is 0 Å². The molecule has 0 aromatic carbocycles. The molecule has 0 saturated heterocycles. The van der Waals surface area contributed by atoms with Crippen LogP contribution in [-0.2, 0) is 0 Å². The number of rotatable bonds is 4. The van der Waals surface area contributed by atoms with Gasteiger partial charge in [-0.1, -0.05) is 19.3 Å². The highest BCUT2D eigenvalue weighted by atomic mass is 16.1. The fourth-order valence-electron chi connectivity index (χ4n) is 2.70. The summed E-state index contributed by atoms with van der Waals surface area (Å²) in [6, 6.07) is 3.67. The number of pyridine rings is 1. The Morgan fingerprint density at radius 2 is 2.11 bits per heavy atom. The van der Waals surface area contributed by atoms with Crippen molar-refractivity contribution in [3.63, 3.8) is 0 Å². The second-order valence-corrected chi connectivity index (χ2v) is 5.34. The molecule has 0 atom stereocenters. The van der Waals surface area contributed by atoms with E-state index in [9.17, 15) is 4.79 Å². The summed E-state index contributed by atoms with van der Waals surface area (Å²) in [4.78, 5) is 17.9. The zero-order valence-electron chi connectivity index (χ0n) is 11.4. The molecule has 98 valence electrons. The molecule has 0 aliphatic heterocycles. The highest BCUT2D eigenvalue weighted by molar-refractivity contribution is 5.94. The second kappa shape index (κ2) is 5.98. The topological polar surface area (TPSA) is 33.2 Å². The molecule has 1 aromatic rings. The van der Waals surface area contributed by atoms with Gasteiger partial charge in [-0.3, -0.25) is 4.79 Å². The van der Waals surface area contributed by atoms with E-state index in [0.29, 0.717) is 0 Å². The van der Waals surface area contributed by atoms with E-state index in [-0.39, 0.29) is 5.78 Å². The smallest absolute Gasteiger partial charge is 0.159 e. The summed E-state index contributed by atoms with van der Waals surface area (Å²) in [6.07, 6.45) is 8.49. The normalized spacial score (nSPS) is 16.6. The van der Waals surface area contributed by atoms with Gasteiger partial charge in [0.2, 0.25) is 0 Å². The summed E-state index contributed by atoms with van der Waals surface area (Å²) in [5.41, 5.74) is 0.746. The average molecular weight is 246 g/mol. The van der Waals surface area contributed by atoms with Crippen molar-refractivity contribution in [2.45, 2.75) is 39.0 Å². The van der Waals surface area contributed by atoms with Crippen molar-refractivity contribution in [1.82, 2.24) is 4.98 Å². The summed E-state index contributed by atoms with van der Waals surface area (Å²) in [7, 11) is 2.07. The molecule has 1 aliphatic rings. The number of nitrogens with zero attached hydrogens (tertiary/aromatic N) is 2. The number of anilines is 1. The van der Waals surface area contributed by atoms with E-state index in [1.807, 2.05) is 6.07 Å². The number of aromatic nitrogens is 1. The molecule has 3 nitrogen and oxygen atoms in total. The van der Waals surface area contributed by atoms with Crippen LogP contribution >= 0.6 is 0 Å². The van der Waals surface area contributed by atoms with Crippen LogP contribution in [0.15, 0.2) is 18.3 Å². The lowest BCUT2D eigenvalue weighted by molar-refractivity contribution is 0.101. The summed E-state index contributed by atoms with van der Waals surface area (Å²) < 4.78 is 0. The van der Waals surface area contributed by atoms with Crippen molar-refractivity contribution in [2.75, 3.05) is 18.5 Å². The Balaban J connectivity index is 2.01. The molecule has 18 heavy (non-hydrogen) atoms. The molecule has 0 N–H and O–H groups in total. The lowest BCUT2D eigenvalue weighted by atomic mass is 9.89. The fraction of sp³-hybridized carbons (Fsp3) is 0.600. The van der Waals surface area contributed by atoms with Gasteiger partial charge in [-0.05, 0) is 37.8 Å². The van der Waals surface area contributed by atoms with Gasteiger partial charge in [0, 0.05) is 25.4 Å². The molecule has 1 aliphatic carbocycles. The molecule has 1 aromatic heterocycles. The van der Waals surface area contributed by atoms with Crippen molar-refractivity contribution < 1.29 is 4.79 Å². The number of Topliss-reactive ketones (excluding diaryl/α,β-unsaturated/α-hetero) is 1. The monoisotopic (exact) mass is 246 g/mol. The third-order valence-corrected chi connectivity index (χ3v) is 3.80. The van der Waals surface area contributed by atoms with Crippen LogP contribution in [0.5, 0.6) is 0 Å². The summed E-state index contributed by atoms with van der Waals surface area (Å²) >= 11 is 0. The van der Waals surface area contributed by atoms with E-state index in [4.69, 9.17) is 0 Å². The molecule has 1 saturated carbocycles. The van der Waals surface area contributed by atoms with Crippen molar-refractivity contribution in [2.24, 2.45) is 5.92 Å². The van der Waals surface area contributed by atoms with Gasteiger partial charge in [0.25, 0.3) is 0 Å². The first-order valence-electron chi connectivity index (χ1n) is 6.85. The quantitative estimate of drug-likeness (QED) is 0.764. The van der Waals surface area contributed by atoms with E-state index in [1.165, 1.54) is 32.1 Å².